The van der Waals surface area contributed by atoms with E-state index in [1.54, 1.807) is 41.2 Å². The SMILES string of the molecule is COCCN(C(=O)N1CCC2=C(C1)SC(C(N)=O)(c1ccccc1N)N2)c1ccc2c(c1)OCO2. The lowest BCUT2D eigenvalue weighted by Gasteiger charge is -2.33. The number of nitrogens with zero attached hydrogens (tertiary/aromatic N) is 2. The number of nitrogens with one attached hydrogen (secondary N) is 1. The highest BCUT2D eigenvalue weighted by molar-refractivity contribution is 8.05. The first-order valence-electron chi connectivity index (χ1n) is 11.2. The van der Waals surface area contributed by atoms with E-state index >= 15 is 0 Å². The van der Waals surface area contributed by atoms with Gasteiger partial charge < -0.3 is 35.9 Å². The van der Waals surface area contributed by atoms with Gasteiger partial charge in [-0.25, -0.2) is 4.79 Å². The number of hydrogen-bond donors (Lipinski definition) is 3. The van der Waals surface area contributed by atoms with Gasteiger partial charge in [0, 0.05) is 53.7 Å². The molecular weight excluding hydrogens is 470 g/mol. The lowest BCUT2D eigenvalue weighted by molar-refractivity contribution is -0.121. The molecule has 0 saturated carbocycles. The molecule has 11 heteroatoms. The van der Waals surface area contributed by atoms with Gasteiger partial charge in [-0.1, -0.05) is 30.0 Å². The van der Waals surface area contributed by atoms with E-state index in [2.05, 4.69) is 5.32 Å². The van der Waals surface area contributed by atoms with Crippen molar-refractivity contribution in [2.75, 3.05) is 50.8 Å². The van der Waals surface area contributed by atoms with E-state index in [0.29, 0.717) is 61.1 Å². The van der Waals surface area contributed by atoms with Crippen molar-refractivity contribution in [2.45, 2.75) is 11.3 Å². The molecule has 1 unspecified atom stereocenters. The molecule has 3 amide bonds. The lowest BCUT2D eigenvalue weighted by atomic mass is 10.0. The third kappa shape index (κ3) is 4.10. The largest absolute Gasteiger partial charge is 0.454 e. The number of hydrogen-bond acceptors (Lipinski definition) is 8. The van der Waals surface area contributed by atoms with Crippen molar-refractivity contribution in [1.82, 2.24) is 10.2 Å². The van der Waals surface area contributed by atoms with Crippen LogP contribution in [0.5, 0.6) is 11.5 Å². The molecule has 0 aliphatic carbocycles. The zero-order valence-electron chi connectivity index (χ0n) is 19.3. The summed E-state index contributed by atoms with van der Waals surface area (Å²) in [5.41, 5.74) is 14.8. The zero-order chi connectivity index (χ0) is 24.6. The Bertz CT molecular complexity index is 1200. The Morgan fingerprint density at radius 3 is 2.80 bits per heavy atom. The molecule has 3 heterocycles. The fourth-order valence-corrected chi connectivity index (χ4v) is 5.91. The van der Waals surface area contributed by atoms with Crippen molar-refractivity contribution in [3.63, 3.8) is 0 Å². The molecule has 0 aromatic heterocycles. The van der Waals surface area contributed by atoms with Gasteiger partial charge in [-0.05, 0) is 18.2 Å². The highest BCUT2D eigenvalue weighted by Crippen LogP contribution is 2.49. The summed E-state index contributed by atoms with van der Waals surface area (Å²) in [7, 11) is 1.60. The van der Waals surface area contributed by atoms with Crippen LogP contribution in [-0.4, -0.2) is 57.0 Å². The number of urea groups is 1. The normalized spacial score (nSPS) is 20.4. The van der Waals surface area contributed by atoms with Gasteiger partial charge in [0.05, 0.1) is 19.7 Å². The molecular formula is C24H27N5O5S. The number of nitrogen functional groups attached to an aromatic ring is 1. The third-order valence-corrected chi connectivity index (χ3v) is 7.73. The van der Waals surface area contributed by atoms with E-state index < -0.39 is 10.8 Å². The summed E-state index contributed by atoms with van der Waals surface area (Å²) in [6.45, 7) is 1.73. The molecule has 2 aromatic rings. The molecule has 0 saturated heterocycles. The molecule has 0 radical (unpaired) electrons. The number of nitrogens with two attached hydrogens (primary N) is 2. The number of fused-ring (bicyclic) bond motifs is 1. The van der Waals surface area contributed by atoms with Crippen molar-refractivity contribution in [3.8, 4) is 11.5 Å². The van der Waals surface area contributed by atoms with E-state index in [1.807, 2.05) is 18.2 Å². The second-order valence-electron chi connectivity index (χ2n) is 8.40. The van der Waals surface area contributed by atoms with Gasteiger partial charge in [0.25, 0.3) is 5.91 Å². The average molecular weight is 498 g/mol. The minimum atomic E-state index is -1.21. The predicted octanol–water partition coefficient (Wildman–Crippen LogP) is 2.16. The standard InChI is InChI=1S/C24H27N5O5S/c1-32-11-10-29(15-6-7-19-20(12-15)34-14-33-19)23(31)28-9-8-18-21(13-28)35-24(27-18,22(26)30)16-4-2-3-5-17(16)25/h2-7,12,27H,8-11,13-14,25H2,1H3,(H2,26,30). The van der Waals surface area contributed by atoms with Crippen LogP contribution in [-0.2, 0) is 14.4 Å². The zero-order valence-corrected chi connectivity index (χ0v) is 20.1. The topological polar surface area (TPSA) is 132 Å². The second kappa shape index (κ2) is 9.23. The number of ether oxygens (including phenoxy) is 3. The van der Waals surface area contributed by atoms with Gasteiger partial charge in [-0.3, -0.25) is 9.69 Å². The van der Waals surface area contributed by atoms with Gasteiger partial charge in [0.1, 0.15) is 0 Å². The Balaban J connectivity index is 1.38. The summed E-state index contributed by atoms with van der Waals surface area (Å²) >= 11 is 1.32. The Kier molecular flexibility index (Phi) is 6.12. The summed E-state index contributed by atoms with van der Waals surface area (Å²) < 4.78 is 16.1. The molecule has 0 bridgehead atoms. The van der Waals surface area contributed by atoms with Gasteiger partial charge in [0.15, 0.2) is 16.4 Å². The monoisotopic (exact) mass is 497 g/mol. The Labute approximate surface area is 207 Å². The molecule has 184 valence electrons. The first-order chi connectivity index (χ1) is 16.9. The van der Waals surface area contributed by atoms with E-state index in [-0.39, 0.29) is 12.8 Å². The predicted molar refractivity (Wildman–Crippen MR) is 133 cm³/mol. The molecule has 2 aromatic carbocycles. The lowest BCUT2D eigenvalue weighted by Crippen LogP contribution is -2.48. The Morgan fingerprint density at radius 2 is 2.03 bits per heavy atom. The van der Waals surface area contributed by atoms with E-state index in [1.165, 1.54) is 11.8 Å². The molecule has 35 heavy (non-hydrogen) atoms. The number of anilines is 2. The van der Waals surface area contributed by atoms with E-state index in [0.717, 1.165) is 10.6 Å². The van der Waals surface area contributed by atoms with Crippen LogP contribution in [0.2, 0.25) is 0 Å². The molecule has 0 spiro atoms. The first kappa shape index (κ1) is 23.2. The van der Waals surface area contributed by atoms with Gasteiger partial charge in [0.2, 0.25) is 6.79 Å². The molecule has 1 atom stereocenters. The fourth-order valence-electron chi connectivity index (χ4n) is 4.47. The molecule has 5 rings (SSSR count). The molecule has 5 N–H and O–H groups in total. The first-order valence-corrected chi connectivity index (χ1v) is 12.0. The maximum absolute atomic E-state index is 13.7. The van der Waals surface area contributed by atoms with Gasteiger partial charge >= 0.3 is 6.03 Å². The average Bonchev–Trinajstić information content (AvgIpc) is 3.48. The van der Waals surface area contributed by atoms with Crippen LogP contribution in [0.25, 0.3) is 0 Å². The number of para-hydroxylation sites is 1. The number of benzene rings is 2. The summed E-state index contributed by atoms with van der Waals surface area (Å²) in [4.78, 5) is 29.5. The van der Waals surface area contributed by atoms with Crippen LogP contribution in [0, 0.1) is 0 Å². The summed E-state index contributed by atoms with van der Waals surface area (Å²) in [6, 6.07) is 12.4. The fraction of sp³-hybridized carbons (Fsp3) is 0.333. The second-order valence-corrected chi connectivity index (χ2v) is 9.71. The number of thioether (sulfide) groups is 1. The Morgan fingerprint density at radius 1 is 1.23 bits per heavy atom. The van der Waals surface area contributed by atoms with Crippen molar-refractivity contribution in [2.24, 2.45) is 5.73 Å². The van der Waals surface area contributed by atoms with Gasteiger partial charge in [-0.2, -0.15) is 0 Å². The van der Waals surface area contributed by atoms with Crippen LogP contribution < -0.4 is 31.2 Å². The van der Waals surface area contributed by atoms with Gasteiger partial charge in [-0.15, -0.1) is 0 Å². The van der Waals surface area contributed by atoms with Crippen molar-refractivity contribution in [3.05, 3.63) is 58.6 Å². The quantitative estimate of drug-likeness (QED) is 0.518. The molecule has 0 fully saturated rings. The highest BCUT2D eigenvalue weighted by Gasteiger charge is 2.48. The number of rotatable bonds is 6. The number of carbonyl (C=O) groups excluding carboxylic acids is 2. The van der Waals surface area contributed by atoms with Crippen LogP contribution in [0.15, 0.2) is 53.1 Å². The van der Waals surface area contributed by atoms with Crippen molar-refractivity contribution < 1.29 is 23.8 Å². The van der Waals surface area contributed by atoms with E-state index in [9.17, 15) is 9.59 Å². The van der Waals surface area contributed by atoms with Crippen LogP contribution >= 0.6 is 11.8 Å². The maximum Gasteiger partial charge on any atom is 0.324 e. The number of methoxy groups -OCH3 is 1. The minimum Gasteiger partial charge on any atom is -0.454 e. The summed E-state index contributed by atoms with van der Waals surface area (Å²) in [5.74, 6) is 0.718. The number of primary amides is 1. The van der Waals surface area contributed by atoms with Crippen molar-refractivity contribution in [1.29, 1.82) is 0 Å². The number of amides is 3. The minimum absolute atomic E-state index is 0.158. The highest BCUT2D eigenvalue weighted by atomic mass is 32.2. The smallest absolute Gasteiger partial charge is 0.324 e. The summed E-state index contributed by atoms with van der Waals surface area (Å²) in [6.07, 6.45) is 0.565. The molecule has 3 aliphatic rings. The Hall–Kier alpha value is -3.57. The van der Waals surface area contributed by atoms with E-state index in [4.69, 9.17) is 25.7 Å². The summed E-state index contributed by atoms with van der Waals surface area (Å²) in [5, 5.41) is 3.33. The van der Waals surface area contributed by atoms with Crippen molar-refractivity contribution >= 4 is 35.1 Å². The maximum atomic E-state index is 13.7. The number of carbonyl (C=O) groups is 2. The third-order valence-electron chi connectivity index (χ3n) is 6.28. The van der Waals surface area contributed by atoms with Crippen LogP contribution in [0.1, 0.15) is 12.0 Å². The van der Waals surface area contributed by atoms with Crippen LogP contribution in [0.3, 0.4) is 0 Å². The molecule has 3 aliphatic heterocycles. The molecule has 10 nitrogen and oxygen atoms in total. The van der Waals surface area contributed by atoms with Crippen LogP contribution in [0.4, 0.5) is 16.2 Å².